The van der Waals surface area contributed by atoms with Crippen LogP contribution in [0, 0.1) is 13.8 Å². The lowest BCUT2D eigenvalue weighted by Gasteiger charge is -2.14. The van der Waals surface area contributed by atoms with Crippen LogP contribution in [-0.2, 0) is 11.3 Å². The van der Waals surface area contributed by atoms with Gasteiger partial charge in [0.05, 0.1) is 13.2 Å². The van der Waals surface area contributed by atoms with Crippen LogP contribution in [0.1, 0.15) is 49.3 Å². The van der Waals surface area contributed by atoms with Gasteiger partial charge >= 0.3 is 0 Å². The summed E-state index contributed by atoms with van der Waals surface area (Å²) in [5.41, 5.74) is 3.48. The van der Waals surface area contributed by atoms with Crippen molar-refractivity contribution in [2.45, 2.75) is 52.9 Å². The van der Waals surface area contributed by atoms with Crippen molar-refractivity contribution in [1.29, 1.82) is 0 Å². The molecule has 0 amide bonds. The van der Waals surface area contributed by atoms with Gasteiger partial charge < -0.3 is 19.0 Å². The second kappa shape index (κ2) is 15.0. The molecule has 0 aromatic heterocycles. The molecule has 2 rings (SSSR count). The standard InChI is InChI=1S/C27H37NO4/c1-5-6-17-31-26-20-22(2)27(23(3)21-26)32-19-9-7-8-18-30-25-14-12-24(13-15-25)11-10-16-28-29-4/h5-6,12-16,20-21H,7-11,17-19H2,1-4H3/b6-5+,28-16?. The normalized spacial score (nSPS) is 11.2. The SMILES string of the molecule is C/C=C/COc1cc(C)c(OCCCCCOc2ccc(CCC=NOC)cc2)c(C)c1. The topological polar surface area (TPSA) is 49.3 Å². The monoisotopic (exact) mass is 439 g/mol. The summed E-state index contributed by atoms with van der Waals surface area (Å²) in [5, 5.41) is 3.75. The van der Waals surface area contributed by atoms with E-state index >= 15 is 0 Å². The summed E-state index contributed by atoms with van der Waals surface area (Å²) in [5.74, 6) is 2.77. The van der Waals surface area contributed by atoms with Crippen molar-refractivity contribution in [2.75, 3.05) is 26.9 Å². The van der Waals surface area contributed by atoms with Crippen molar-refractivity contribution in [3.8, 4) is 17.2 Å². The molecular weight excluding hydrogens is 402 g/mol. The van der Waals surface area contributed by atoms with E-state index in [0.717, 1.165) is 67.1 Å². The molecule has 0 saturated heterocycles. The molecule has 32 heavy (non-hydrogen) atoms. The Hall–Kier alpha value is -2.95. The fraction of sp³-hybridized carbons (Fsp3) is 0.444. The molecule has 0 saturated carbocycles. The highest BCUT2D eigenvalue weighted by Crippen LogP contribution is 2.28. The van der Waals surface area contributed by atoms with E-state index in [-0.39, 0.29) is 0 Å². The number of nitrogens with zero attached hydrogens (tertiary/aromatic N) is 1. The molecule has 0 N–H and O–H groups in total. The summed E-state index contributed by atoms with van der Waals surface area (Å²) in [4.78, 5) is 4.67. The third-order valence-electron chi connectivity index (χ3n) is 4.98. The van der Waals surface area contributed by atoms with Crippen molar-refractivity contribution in [1.82, 2.24) is 0 Å². The summed E-state index contributed by atoms with van der Waals surface area (Å²) < 4.78 is 17.6. The molecule has 174 valence electrons. The molecule has 5 heteroatoms. The van der Waals surface area contributed by atoms with Gasteiger partial charge in [-0.1, -0.05) is 29.4 Å². The fourth-order valence-corrected chi connectivity index (χ4v) is 3.32. The number of hydrogen-bond acceptors (Lipinski definition) is 5. The Kier molecular flexibility index (Phi) is 11.8. The first kappa shape index (κ1) is 25.3. The number of oxime groups is 1. The number of rotatable bonds is 15. The Labute approximate surface area is 193 Å². The molecule has 0 fully saturated rings. The van der Waals surface area contributed by atoms with Gasteiger partial charge in [0.2, 0.25) is 0 Å². The van der Waals surface area contributed by atoms with Gasteiger partial charge in [0.1, 0.15) is 31.0 Å². The van der Waals surface area contributed by atoms with Gasteiger partial charge in [-0.3, -0.25) is 0 Å². The zero-order valence-corrected chi connectivity index (χ0v) is 19.9. The zero-order valence-electron chi connectivity index (χ0n) is 19.9. The lowest BCUT2D eigenvalue weighted by atomic mass is 10.1. The molecule has 0 radical (unpaired) electrons. The van der Waals surface area contributed by atoms with E-state index in [0.29, 0.717) is 13.2 Å². The summed E-state index contributed by atoms with van der Waals surface area (Å²) in [7, 11) is 1.55. The van der Waals surface area contributed by atoms with Gasteiger partial charge in [-0.15, -0.1) is 0 Å². The van der Waals surface area contributed by atoms with Gasteiger partial charge in [0.25, 0.3) is 0 Å². The predicted octanol–water partition coefficient (Wildman–Crippen LogP) is 6.45. The van der Waals surface area contributed by atoms with Crippen LogP contribution in [0.3, 0.4) is 0 Å². The lowest BCUT2D eigenvalue weighted by molar-refractivity contribution is 0.214. The van der Waals surface area contributed by atoms with Crippen LogP contribution >= 0.6 is 0 Å². The Morgan fingerprint density at radius 2 is 1.53 bits per heavy atom. The van der Waals surface area contributed by atoms with Crippen molar-refractivity contribution in [2.24, 2.45) is 5.16 Å². The average Bonchev–Trinajstić information content (AvgIpc) is 2.78. The van der Waals surface area contributed by atoms with E-state index in [1.165, 1.54) is 5.56 Å². The van der Waals surface area contributed by atoms with Crippen molar-refractivity contribution >= 4 is 6.21 Å². The summed E-state index contributed by atoms with van der Waals surface area (Å²) >= 11 is 0. The van der Waals surface area contributed by atoms with Crippen LogP contribution in [0.5, 0.6) is 17.2 Å². The van der Waals surface area contributed by atoms with E-state index in [1.54, 1.807) is 13.3 Å². The Bertz CT molecular complexity index is 820. The molecule has 0 unspecified atom stereocenters. The van der Waals surface area contributed by atoms with Crippen LogP contribution in [0.15, 0.2) is 53.7 Å². The van der Waals surface area contributed by atoms with E-state index in [1.807, 2.05) is 43.3 Å². The minimum absolute atomic E-state index is 0.589. The lowest BCUT2D eigenvalue weighted by Crippen LogP contribution is -2.03. The van der Waals surface area contributed by atoms with E-state index in [2.05, 4.69) is 36.0 Å². The summed E-state index contributed by atoms with van der Waals surface area (Å²) in [6.07, 6.45) is 10.7. The molecule has 0 aliphatic carbocycles. The summed E-state index contributed by atoms with van der Waals surface area (Å²) in [6, 6.07) is 12.3. The molecule has 0 aliphatic heterocycles. The van der Waals surface area contributed by atoms with Crippen LogP contribution in [0.4, 0.5) is 0 Å². The van der Waals surface area contributed by atoms with Gasteiger partial charge in [-0.25, -0.2) is 0 Å². The third kappa shape index (κ3) is 9.46. The molecular formula is C27H37NO4. The number of hydrogen-bond donors (Lipinski definition) is 0. The Morgan fingerprint density at radius 1 is 0.844 bits per heavy atom. The van der Waals surface area contributed by atoms with Crippen molar-refractivity contribution in [3.05, 3.63) is 65.2 Å². The first-order valence-corrected chi connectivity index (χ1v) is 11.4. The molecule has 5 nitrogen and oxygen atoms in total. The number of allylic oxidation sites excluding steroid dienone is 1. The quantitative estimate of drug-likeness (QED) is 0.138. The number of unbranched alkanes of at least 4 members (excludes halogenated alkanes) is 2. The summed E-state index contributed by atoms with van der Waals surface area (Å²) in [6.45, 7) is 8.14. The van der Waals surface area contributed by atoms with Crippen LogP contribution < -0.4 is 14.2 Å². The smallest absolute Gasteiger partial charge is 0.125 e. The maximum atomic E-state index is 6.05. The molecule has 0 bridgehead atoms. The molecule has 0 atom stereocenters. The zero-order chi connectivity index (χ0) is 23.0. The van der Waals surface area contributed by atoms with Gasteiger partial charge in [-0.05, 0) is 93.8 Å². The second-order valence-corrected chi connectivity index (χ2v) is 7.68. The van der Waals surface area contributed by atoms with Crippen LogP contribution in [-0.4, -0.2) is 33.1 Å². The Balaban J connectivity index is 1.62. The largest absolute Gasteiger partial charge is 0.494 e. The van der Waals surface area contributed by atoms with Crippen LogP contribution in [0.2, 0.25) is 0 Å². The first-order valence-electron chi connectivity index (χ1n) is 11.4. The van der Waals surface area contributed by atoms with Gasteiger partial charge in [0, 0.05) is 6.21 Å². The van der Waals surface area contributed by atoms with Crippen LogP contribution in [0.25, 0.3) is 0 Å². The minimum Gasteiger partial charge on any atom is -0.494 e. The van der Waals surface area contributed by atoms with E-state index in [4.69, 9.17) is 14.2 Å². The number of aryl methyl sites for hydroxylation is 3. The highest BCUT2D eigenvalue weighted by Gasteiger charge is 2.07. The van der Waals surface area contributed by atoms with E-state index < -0.39 is 0 Å². The van der Waals surface area contributed by atoms with E-state index in [9.17, 15) is 0 Å². The van der Waals surface area contributed by atoms with Gasteiger partial charge in [0.15, 0.2) is 0 Å². The number of ether oxygens (including phenoxy) is 3. The highest BCUT2D eigenvalue weighted by molar-refractivity contribution is 5.56. The molecule has 0 heterocycles. The maximum absolute atomic E-state index is 6.05. The Morgan fingerprint density at radius 3 is 2.19 bits per heavy atom. The second-order valence-electron chi connectivity index (χ2n) is 7.68. The molecule has 2 aromatic carbocycles. The minimum atomic E-state index is 0.589. The predicted molar refractivity (Wildman–Crippen MR) is 131 cm³/mol. The maximum Gasteiger partial charge on any atom is 0.125 e. The van der Waals surface area contributed by atoms with Crippen molar-refractivity contribution in [3.63, 3.8) is 0 Å². The molecule has 0 aliphatic rings. The molecule has 2 aromatic rings. The average molecular weight is 440 g/mol. The third-order valence-corrected chi connectivity index (χ3v) is 4.98. The van der Waals surface area contributed by atoms with Gasteiger partial charge in [-0.2, -0.15) is 0 Å². The van der Waals surface area contributed by atoms with Crippen molar-refractivity contribution < 1.29 is 19.0 Å². The molecule has 0 spiro atoms. The number of benzene rings is 2. The highest BCUT2D eigenvalue weighted by atomic mass is 16.6. The fourth-order valence-electron chi connectivity index (χ4n) is 3.32. The first-order chi connectivity index (χ1) is 15.6.